The summed E-state index contributed by atoms with van der Waals surface area (Å²) in [6.45, 7) is 4.02. The Hall–Kier alpha value is -0.330. The molecule has 2 heterocycles. The number of nitrogens with one attached hydrogen (secondary N) is 4. The second-order valence-corrected chi connectivity index (χ2v) is 6.03. The van der Waals surface area contributed by atoms with E-state index in [0.717, 1.165) is 32.1 Å². The predicted octanol–water partition coefficient (Wildman–Crippen LogP) is -0.609. The van der Waals surface area contributed by atoms with Crippen LogP contribution in [0.3, 0.4) is 0 Å². The number of alkyl halides is 1. The predicted molar refractivity (Wildman–Crippen MR) is 72.8 cm³/mol. The van der Waals surface area contributed by atoms with E-state index in [1.165, 1.54) is 12.8 Å². The van der Waals surface area contributed by atoms with Gasteiger partial charge in [-0.25, -0.2) is 0 Å². The van der Waals surface area contributed by atoms with Gasteiger partial charge in [0.2, 0.25) is 0 Å². The Morgan fingerprint density at radius 2 is 2.06 bits per heavy atom. The zero-order valence-corrected chi connectivity index (χ0v) is 11.5. The van der Waals surface area contributed by atoms with Crippen molar-refractivity contribution in [1.29, 1.82) is 0 Å². The number of fused-ring (bicyclic) bond motifs is 1. The van der Waals surface area contributed by atoms with Crippen LogP contribution in [0.5, 0.6) is 0 Å². The topological polar surface area (TPSA) is 60.5 Å². The molecule has 0 amide bonds. The van der Waals surface area contributed by atoms with Gasteiger partial charge in [0.1, 0.15) is 0 Å². The second-order valence-electron chi connectivity index (χ2n) is 4.97. The van der Waals surface area contributed by atoms with Crippen molar-refractivity contribution in [3.63, 3.8) is 0 Å². The molecule has 17 heavy (non-hydrogen) atoms. The van der Waals surface area contributed by atoms with Crippen molar-refractivity contribution in [1.82, 2.24) is 21.3 Å². The Balaban J connectivity index is 1.62. The molecule has 6 heteroatoms. The summed E-state index contributed by atoms with van der Waals surface area (Å²) in [6, 6.07) is 1.61. The zero-order chi connectivity index (χ0) is 11.7. The monoisotopic (exact) mass is 301 g/mol. The average molecular weight is 302 g/mol. The van der Waals surface area contributed by atoms with E-state index in [1.54, 1.807) is 0 Å². The van der Waals surface area contributed by atoms with Gasteiger partial charge in [0.05, 0.1) is 11.4 Å². The molecule has 1 saturated carbocycles. The fourth-order valence-electron chi connectivity index (χ4n) is 2.97. The van der Waals surface area contributed by atoms with Crippen molar-refractivity contribution in [2.24, 2.45) is 4.99 Å². The third-order valence-corrected chi connectivity index (χ3v) is 5.07. The van der Waals surface area contributed by atoms with Crippen LogP contribution in [0.1, 0.15) is 12.8 Å². The van der Waals surface area contributed by atoms with Crippen LogP contribution in [0.4, 0.5) is 0 Å². The molecule has 4 atom stereocenters. The molecular formula is C11H20BrN5. The normalized spacial score (nSPS) is 41.4. The highest BCUT2D eigenvalue weighted by Crippen LogP contribution is 2.27. The molecule has 4 N–H and O–H groups in total. The lowest BCUT2D eigenvalue weighted by atomic mass is 9.85. The molecule has 2 fully saturated rings. The molecule has 3 aliphatic rings. The molecule has 3 rings (SSSR count). The van der Waals surface area contributed by atoms with E-state index in [4.69, 9.17) is 0 Å². The largest absolute Gasteiger partial charge is 0.355 e. The minimum Gasteiger partial charge on any atom is -0.355 e. The van der Waals surface area contributed by atoms with Crippen molar-refractivity contribution >= 4 is 21.9 Å². The molecule has 4 unspecified atom stereocenters. The SMILES string of the molecule is BrC1C(NC2=NCCN2)CCC2NCCNC21. The summed E-state index contributed by atoms with van der Waals surface area (Å²) < 4.78 is 0. The summed E-state index contributed by atoms with van der Waals surface area (Å²) in [4.78, 5) is 4.86. The van der Waals surface area contributed by atoms with E-state index in [0.29, 0.717) is 23.0 Å². The number of halogens is 1. The molecular weight excluding hydrogens is 282 g/mol. The number of guanidine groups is 1. The number of aliphatic imine (C=N–C) groups is 1. The maximum Gasteiger partial charge on any atom is 0.191 e. The molecule has 5 nitrogen and oxygen atoms in total. The fourth-order valence-corrected chi connectivity index (χ4v) is 3.92. The van der Waals surface area contributed by atoms with Gasteiger partial charge in [-0.3, -0.25) is 4.99 Å². The molecule has 96 valence electrons. The molecule has 0 aromatic carbocycles. The Morgan fingerprint density at radius 3 is 2.88 bits per heavy atom. The lowest BCUT2D eigenvalue weighted by Crippen LogP contribution is -2.66. The van der Waals surface area contributed by atoms with Crippen molar-refractivity contribution in [2.45, 2.75) is 35.8 Å². The van der Waals surface area contributed by atoms with Gasteiger partial charge in [0, 0.05) is 37.8 Å². The molecule has 0 bridgehead atoms. The van der Waals surface area contributed by atoms with Crippen LogP contribution >= 0.6 is 15.9 Å². The summed E-state index contributed by atoms with van der Waals surface area (Å²) in [5, 5.41) is 14.0. The zero-order valence-electron chi connectivity index (χ0n) is 9.88. The summed E-state index contributed by atoms with van der Waals surface area (Å²) in [7, 11) is 0. The van der Waals surface area contributed by atoms with E-state index in [2.05, 4.69) is 42.2 Å². The van der Waals surface area contributed by atoms with Crippen LogP contribution in [-0.2, 0) is 0 Å². The fraction of sp³-hybridized carbons (Fsp3) is 0.909. The van der Waals surface area contributed by atoms with Gasteiger partial charge in [0.25, 0.3) is 0 Å². The first-order valence-electron chi connectivity index (χ1n) is 6.50. The maximum absolute atomic E-state index is 4.41. The smallest absolute Gasteiger partial charge is 0.191 e. The lowest BCUT2D eigenvalue weighted by Gasteiger charge is -2.44. The van der Waals surface area contributed by atoms with E-state index >= 15 is 0 Å². The molecule has 0 spiro atoms. The first-order valence-corrected chi connectivity index (χ1v) is 7.42. The molecule has 0 aromatic heterocycles. The Labute approximate surface area is 110 Å². The van der Waals surface area contributed by atoms with E-state index in [-0.39, 0.29) is 0 Å². The number of nitrogens with zero attached hydrogens (tertiary/aromatic N) is 1. The molecule has 0 radical (unpaired) electrons. The first kappa shape index (κ1) is 11.7. The highest BCUT2D eigenvalue weighted by atomic mass is 79.9. The summed E-state index contributed by atoms with van der Waals surface area (Å²) >= 11 is 3.86. The standard InChI is InChI=1S/C11H20BrN5/c12-9-7(17-11-15-5-6-16-11)1-2-8-10(9)14-4-3-13-8/h7-10,13-14H,1-6H2,(H2,15,16,17). The van der Waals surface area contributed by atoms with Crippen molar-refractivity contribution in [3.05, 3.63) is 0 Å². The van der Waals surface area contributed by atoms with Crippen LogP contribution in [0, 0.1) is 0 Å². The lowest BCUT2D eigenvalue weighted by molar-refractivity contribution is 0.235. The van der Waals surface area contributed by atoms with Crippen molar-refractivity contribution < 1.29 is 0 Å². The van der Waals surface area contributed by atoms with E-state index in [1.807, 2.05) is 0 Å². The minimum absolute atomic E-state index is 0.458. The molecule has 2 aliphatic heterocycles. The Bertz CT molecular complexity index is 308. The van der Waals surface area contributed by atoms with Crippen LogP contribution in [0.2, 0.25) is 0 Å². The third-order valence-electron chi connectivity index (χ3n) is 3.86. The van der Waals surface area contributed by atoms with Crippen LogP contribution in [-0.4, -0.2) is 55.1 Å². The number of piperazine rings is 1. The number of hydrogen-bond acceptors (Lipinski definition) is 5. The third kappa shape index (κ3) is 2.44. The van der Waals surface area contributed by atoms with Gasteiger partial charge in [-0.05, 0) is 12.8 Å². The van der Waals surface area contributed by atoms with Gasteiger partial charge in [-0.1, -0.05) is 15.9 Å². The van der Waals surface area contributed by atoms with Crippen LogP contribution < -0.4 is 21.3 Å². The highest BCUT2D eigenvalue weighted by Gasteiger charge is 2.39. The van der Waals surface area contributed by atoms with E-state index in [9.17, 15) is 0 Å². The number of rotatable bonds is 1. The summed E-state index contributed by atoms with van der Waals surface area (Å²) in [6.07, 6.45) is 2.41. The van der Waals surface area contributed by atoms with Crippen LogP contribution in [0.15, 0.2) is 4.99 Å². The second kappa shape index (κ2) is 5.12. The van der Waals surface area contributed by atoms with Crippen molar-refractivity contribution in [3.8, 4) is 0 Å². The van der Waals surface area contributed by atoms with Gasteiger partial charge in [0.15, 0.2) is 5.96 Å². The molecule has 1 saturated heterocycles. The van der Waals surface area contributed by atoms with Crippen molar-refractivity contribution in [2.75, 3.05) is 26.2 Å². The summed E-state index contributed by atoms with van der Waals surface area (Å²) in [5.41, 5.74) is 0. The van der Waals surface area contributed by atoms with Gasteiger partial charge in [-0.15, -0.1) is 0 Å². The van der Waals surface area contributed by atoms with Crippen LogP contribution in [0.25, 0.3) is 0 Å². The van der Waals surface area contributed by atoms with Gasteiger partial charge in [-0.2, -0.15) is 0 Å². The van der Waals surface area contributed by atoms with Gasteiger partial charge < -0.3 is 21.3 Å². The average Bonchev–Trinajstić information content (AvgIpc) is 2.86. The molecule has 1 aliphatic carbocycles. The minimum atomic E-state index is 0.458. The Morgan fingerprint density at radius 1 is 1.18 bits per heavy atom. The highest BCUT2D eigenvalue weighted by molar-refractivity contribution is 9.09. The Kier molecular flexibility index (Phi) is 3.54. The van der Waals surface area contributed by atoms with E-state index < -0.39 is 0 Å². The summed E-state index contributed by atoms with van der Waals surface area (Å²) in [5.74, 6) is 0.974. The quantitative estimate of drug-likeness (QED) is 0.488. The first-order chi connectivity index (χ1) is 8.34. The van der Waals surface area contributed by atoms with Gasteiger partial charge >= 0.3 is 0 Å². The maximum atomic E-state index is 4.41. The number of hydrogen-bond donors (Lipinski definition) is 4. The molecule has 0 aromatic rings.